The van der Waals surface area contributed by atoms with Crippen LogP contribution >= 0.6 is 0 Å². The van der Waals surface area contributed by atoms with Crippen molar-refractivity contribution in [1.82, 2.24) is 10.2 Å². The molecular weight excluding hydrogens is 244 g/mol. The maximum atomic E-state index is 3.80. The molecule has 1 aliphatic heterocycles. The summed E-state index contributed by atoms with van der Waals surface area (Å²) in [4.78, 5) is 2.84. The van der Waals surface area contributed by atoms with Gasteiger partial charge in [-0.1, -0.05) is 26.7 Å². The third kappa shape index (κ3) is 3.39. The van der Waals surface area contributed by atoms with Gasteiger partial charge in [-0.05, 0) is 56.3 Å². The van der Waals surface area contributed by atoms with E-state index >= 15 is 0 Å². The Balaban J connectivity index is 1.63. The summed E-state index contributed by atoms with van der Waals surface area (Å²) < 4.78 is 0. The van der Waals surface area contributed by atoms with Crippen LogP contribution in [-0.4, -0.2) is 36.6 Å². The summed E-state index contributed by atoms with van der Waals surface area (Å²) in [5.74, 6) is 1.85. The van der Waals surface area contributed by atoms with Gasteiger partial charge in [0.15, 0.2) is 0 Å². The van der Waals surface area contributed by atoms with Gasteiger partial charge < -0.3 is 5.32 Å². The molecule has 2 atom stereocenters. The van der Waals surface area contributed by atoms with E-state index < -0.39 is 0 Å². The second-order valence-electron chi connectivity index (χ2n) is 8.44. The highest BCUT2D eigenvalue weighted by atomic mass is 15.2. The molecule has 0 aromatic heterocycles. The zero-order chi connectivity index (χ0) is 14.2. The van der Waals surface area contributed by atoms with Gasteiger partial charge in [0.05, 0.1) is 0 Å². The Kier molecular flexibility index (Phi) is 4.42. The molecule has 0 aromatic rings. The zero-order valence-corrected chi connectivity index (χ0v) is 13.8. The quantitative estimate of drug-likeness (QED) is 0.825. The molecule has 0 bridgehead atoms. The minimum absolute atomic E-state index is 0.647. The van der Waals surface area contributed by atoms with Crippen molar-refractivity contribution in [1.29, 1.82) is 0 Å². The molecule has 20 heavy (non-hydrogen) atoms. The second kappa shape index (κ2) is 5.96. The predicted octanol–water partition coefficient (Wildman–Crippen LogP) is 3.67. The molecule has 0 aromatic carbocycles. The summed E-state index contributed by atoms with van der Waals surface area (Å²) in [5, 5.41) is 3.80. The highest BCUT2D eigenvalue weighted by Gasteiger charge is 2.41. The van der Waals surface area contributed by atoms with E-state index in [-0.39, 0.29) is 0 Å². The molecule has 1 saturated heterocycles. The van der Waals surface area contributed by atoms with Gasteiger partial charge in [-0.25, -0.2) is 0 Å². The maximum absolute atomic E-state index is 3.80. The van der Waals surface area contributed by atoms with E-state index in [1.54, 1.807) is 0 Å². The molecule has 2 aliphatic carbocycles. The summed E-state index contributed by atoms with van der Waals surface area (Å²) in [6.07, 6.45) is 10.3. The number of hydrogen-bond donors (Lipinski definition) is 1. The van der Waals surface area contributed by atoms with E-state index in [2.05, 4.69) is 31.0 Å². The Morgan fingerprint density at radius 2 is 1.90 bits per heavy atom. The normalized spacial score (nSPS) is 34.8. The number of piperazine rings is 1. The second-order valence-corrected chi connectivity index (χ2v) is 8.44. The van der Waals surface area contributed by atoms with Crippen molar-refractivity contribution in [2.24, 2.45) is 17.3 Å². The molecule has 0 spiro atoms. The number of hydrogen-bond acceptors (Lipinski definition) is 2. The fourth-order valence-corrected chi connectivity index (χ4v) is 4.83. The third-order valence-corrected chi connectivity index (χ3v) is 5.97. The summed E-state index contributed by atoms with van der Waals surface area (Å²) in [6.45, 7) is 11.1. The number of nitrogens with one attached hydrogen (secondary N) is 1. The van der Waals surface area contributed by atoms with Crippen LogP contribution in [0.25, 0.3) is 0 Å². The Morgan fingerprint density at radius 3 is 2.50 bits per heavy atom. The lowest BCUT2D eigenvalue weighted by Crippen LogP contribution is -2.58. The Labute approximate surface area is 125 Å². The van der Waals surface area contributed by atoms with Crippen molar-refractivity contribution in [2.75, 3.05) is 19.6 Å². The molecule has 2 heteroatoms. The van der Waals surface area contributed by atoms with E-state index in [0.29, 0.717) is 5.41 Å². The number of rotatable bonds is 5. The third-order valence-electron chi connectivity index (χ3n) is 5.97. The van der Waals surface area contributed by atoms with Crippen molar-refractivity contribution in [3.05, 3.63) is 0 Å². The molecule has 0 amide bonds. The van der Waals surface area contributed by atoms with Crippen molar-refractivity contribution in [2.45, 2.75) is 77.8 Å². The highest BCUT2D eigenvalue weighted by molar-refractivity contribution is 4.96. The Morgan fingerprint density at radius 1 is 1.20 bits per heavy atom. The van der Waals surface area contributed by atoms with Crippen LogP contribution in [0.3, 0.4) is 0 Å². The van der Waals surface area contributed by atoms with Crippen LogP contribution in [0.2, 0.25) is 0 Å². The molecule has 116 valence electrons. The first-order valence-electron chi connectivity index (χ1n) is 9.05. The summed E-state index contributed by atoms with van der Waals surface area (Å²) in [5.41, 5.74) is 0.647. The molecule has 2 unspecified atom stereocenters. The standard InChI is InChI=1S/C18H34N2/c1-14(2)10-18(8-4-5-9-18)13-20-12-17(16-6-7-16)19-11-15(20)3/h14-17,19H,4-13H2,1-3H3. The number of nitrogens with zero attached hydrogens (tertiary/aromatic N) is 1. The van der Waals surface area contributed by atoms with Gasteiger partial charge in [0.25, 0.3) is 0 Å². The lowest BCUT2D eigenvalue weighted by molar-refractivity contribution is 0.0636. The molecule has 0 radical (unpaired) electrons. The molecule has 3 fully saturated rings. The van der Waals surface area contributed by atoms with Crippen LogP contribution in [0.15, 0.2) is 0 Å². The molecule has 2 saturated carbocycles. The van der Waals surface area contributed by atoms with Gasteiger partial charge in [0.2, 0.25) is 0 Å². The smallest absolute Gasteiger partial charge is 0.0224 e. The molecular formula is C18H34N2. The average Bonchev–Trinajstić information content (AvgIpc) is 3.14. The van der Waals surface area contributed by atoms with E-state index in [9.17, 15) is 0 Å². The van der Waals surface area contributed by atoms with Crippen LogP contribution in [0, 0.1) is 17.3 Å². The Bertz CT molecular complexity index is 315. The minimum Gasteiger partial charge on any atom is -0.311 e. The minimum atomic E-state index is 0.647. The topological polar surface area (TPSA) is 15.3 Å². The molecule has 3 aliphatic rings. The maximum Gasteiger partial charge on any atom is 0.0224 e. The van der Waals surface area contributed by atoms with Gasteiger partial charge in [-0.3, -0.25) is 4.90 Å². The summed E-state index contributed by atoms with van der Waals surface area (Å²) >= 11 is 0. The van der Waals surface area contributed by atoms with Gasteiger partial charge in [0, 0.05) is 31.7 Å². The molecule has 3 rings (SSSR count). The van der Waals surface area contributed by atoms with Crippen molar-refractivity contribution >= 4 is 0 Å². The van der Waals surface area contributed by atoms with Gasteiger partial charge in [-0.2, -0.15) is 0 Å². The van der Waals surface area contributed by atoms with Gasteiger partial charge in [-0.15, -0.1) is 0 Å². The van der Waals surface area contributed by atoms with Gasteiger partial charge in [0.1, 0.15) is 0 Å². The summed E-state index contributed by atoms with van der Waals surface area (Å²) in [7, 11) is 0. The predicted molar refractivity (Wildman–Crippen MR) is 85.9 cm³/mol. The fraction of sp³-hybridized carbons (Fsp3) is 1.00. The zero-order valence-electron chi connectivity index (χ0n) is 13.8. The van der Waals surface area contributed by atoms with Crippen LogP contribution in [0.1, 0.15) is 65.7 Å². The first-order valence-corrected chi connectivity index (χ1v) is 9.05. The van der Waals surface area contributed by atoms with Crippen molar-refractivity contribution in [3.63, 3.8) is 0 Å². The van der Waals surface area contributed by atoms with E-state index in [1.807, 2.05) is 0 Å². The first kappa shape index (κ1) is 14.8. The van der Waals surface area contributed by atoms with E-state index in [1.165, 1.54) is 64.6 Å². The average molecular weight is 278 g/mol. The van der Waals surface area contributed by atoms with Crippen molar-refractivity contribution < 1.29 is 0 Å². The highest BCUT2D eigenvalue weighted by Crippen LogP contribution is 2.44. The largest absolute Gasteiger partial charge is 0.311 e. The van der Waals surface area contributed by atoms with Gasteiger partial charge >= 0.3 is 0 Å². The van der Waals surface area contributed by atoms with Crippen LogP contribution in [-0.2, 0) is 0 Å². The SMILES string of the molecule is CC(C)CC1(CN2CC(C3CC3)NCC2C)CCCC1. The lowest BCUT2D eigenvalue weighted by atomic mass is 9.77. The molecule has 1 heterocycles. The van der Waals surface area contributed by atoms with Crippen molar-refractivity contribution in [3.8, 4) is 0 Å². The lowest BCUT2D eigenvalue weighted by Gasteiger charge is -2.44. The van der Waals surface area contributed by atoms with Crippen LogP contribution in [0.4, 0.5) is 0 Å². The van der Waals surface area contributed by atoms with E-state index in [0.717, 1.165) is 23.9 Å². The molecule has 2 nitrogen and oxygen atoms in total. The Hall–Kier alpha value is -0.0800. The first-order chi connectivity index (χ1) is 9.58. The summed E-state index contributed by atoms with van der Waals surface area (Å²) in [6, 6.07) is 1.53. The van der Waals surface area contributed by atoms with E-state index in [4.69, 9.17) is 0 Å². The van der Waals surface area contributed by atoms with Crippen LogP contribution in [0.5, 0.6) is 0 Å². The fourth-order valence-electron chi connectivity index (χ4n) is 4.83. The van der Waals surface area contributed by atoms with Crippen LogP contribution < -0.4 is 5.32 Å². The molecule has 1 N–H and O–H groups in total. The monoisotopic (exact) mass is 278 g/mol.